The van der Waals surface area contributed by atoms with Gasteiger partial charge < -0.3 is 10.3 Å². The van der Waals surface area contributed by atoms with E-state index in [1.54, 1.807) is 6.08 Å². The number of benzene rings is 2. The van der Waals surface area contributed by atoms with E-state index in [1.807, 2.05) is 67.7 Å². The lowest BCUT2D eigenvalue weighted by Crippen LogP contribution is -2.07. The Morgan fingerprint density at radius 3 is 2.71 bits per heavy atom. The van der Waals surface area contributed by atoms with Gasteiger partial charge >= 0.3 is 0 Å². The standard InChI is InChI=1S/C18H16N2O/c1-13-5-7-14(8-6-13)9-10-18(21)20-17-4-2-3-16-15(17)11-12-19-16/h2-12,19H,1H3,(H,20,21)/b10-9+. The summed E-state index contributed by atoms with van der Waals surface area (Å²) in [6.07, 6.45) is 5.23. The number of amides is 1. The van der Waals surface area contributed by atoms with E-state index < -0.39 is 0 Å². The lowest BCUT2D eigenvalue weighted by Gasteiger charge is -2.03. The van der Waals surface area contributed by atoms with Gasteiger partial charge in [0.05, 0.1) is 5.69 Å². The molecule has 3 nitrogen and oxygen atoms in total. The number of H-pyrrole nitrogens is 1. The van der Waals surface area contributed by atoms with Gasteiger partial charge in [0, 0.05) is 23.2 Å². The Morgan fingerprint density at radius 1 is 1.10 bits per heavy atom. The van der Waals surface area contributed by atoms with Gasteiger partial charge in [-0.15, -0.1) is 0 Å². The summed E-state index contributed by atoms with van der Waals surface area (Å²) >= 11 is 0. The topological polar surface area (TPSA) is 44.9 Å². The molecule has 0 aliphatic carbocycles. The number of aryl methyl sites for hydroxylation is 1. The van der Waals surface area contributed by atoms with Crippen molar-refractivity contribution in [3.8, 4) is 0 Å². The Balaban J connectivity index is 1.74. The summed E-state index contributed by atoms with van der Waals surface area (Å²) in [6.45, 7) is 2.04. The molecule has 0 aliphatic heterocycles. The number of aromatic amines is 1. The summed E-state index contributed by atoms with van der Waals surface area (Å²) in [7, 11) is 0. The minimum absolute atomic E-state index is 0.135. The molecule has 0 unspecified atom stereocenters. The molecule has 3 aromatic rings. The highest BCUT2D eigenvalue weighted by Gasteiger charge is 2.03. The Kier molecular flexibility index (Phi) is 3.56. The molecule has 2 aromatic carbocycles. The molecule has 0 bridgehead atoms. The fourth-order valence-electron chi connectivity index (χ4n) is 2.22. The third-order valence-corrected chi connectivity index (χ3v) is 3.36. The molecule has 0 atom stereocenters. The van der Waals surface area contributed by atoms with Crippen molar-refractivity contribution < 1.29 is 4.79 Å². The molecule has 0 fully saturated rings. The Morgan fingerprint density at radius 2 is 1.90 bits per heavy atom. The lowest BCUT2D eigenvalue weighted by atomic mass is 10.1. The van der Waals surface area contributed by atoms with Crippen molar-refractivity contribution in [2.75, 3.05) is 5.32 Å². The van der Waals surface area contributed by atoms with Crippen molar-refractivity contribution in [1.82, 2.24) is 4.98 Å². The number of hydrogen-bond acceptors (Lipinski definition) is 1. The summed E-state index contributed by atoms with van der Waals surface area (Å²) in [5, 5.41) is 3.92. The van der Waals surface area contributed by atoms with Gasteiger partial charge in [0.25, 0.3) is 0 Å². The zero-order valence-corrected chi connectivity index (χ0v) is 11.8. The number of aromatic nitrogens is 1. The molecular formula is C18H16N2O. The van der Waals surface area contributed by atoms with E-state index in [0.29, 0.717) is 0 Å². The predicted octanol–water partition coefficient (Wildman–Crippen LogP) is 4.13. The second-order valence-corrected chi connectivity index (χ2v) is 4.98. The van der Waals surface area contributed by atoms with Crippen LogP contribution in [0, 0.1) is 6.92 Å². The van der Waals surface area contributed by atoms with Crippen molar-refractivity contribution in [2.24, 2.45) is 0 Å². The SMILES string of the molecule is Cc1ccc(/C=C/C(=O)Nc2cccc3[nH]ccc23)cc1. The monoisotopic (exact) mass is 276 g/mol. The fourth-order valence-corrected chi connectivity index (χ4v) is 2.22. The third kappa shape index (κ3) is 3.03. The normalized spacial score (nSPS) is 11.1. The fraction of sp³-hybridized carbons (Fsp3) is 0.0556. The van der Waals surface area contributed by atoms with Gasteiger partial charge in [-0.2, -0.15) is 0 Å². The molecule has 1 amide bonds. The number of rotatable bonds is 3. The van der Waals surface area contributed by atoms with E-state index >= 15 is 0 Å². The van der Waals surface area contributed by atoms with Crippen molar-refractivity contribution in [2.45, 2.75) is 6.92 Å². The van der Waals surface area contributed by atoms with Gasteiger partial charge in [-0.25, -0.2) is 0 Å². The van der Waals surface area contributed by atoms with Crippen molar-refractivity contribution in [1.29, 1.82) is 0 Å². The van der Waals surface area contributed by atoms with Crippen LogP contribution >= 0.6 is 0 Å². The number of hydrogen-bond donors (Lipinski definition) is 2. The molecular weight excluding hydrogens is 260 g/mol. The first-order valence-electron chi connectivity index (χ1n) is 6.84. The quantitative estimate of drug-likeness (QED) is 0.694. The van der Waals surface area contributed by atoms with E-state index in [9.17, 15) is 4.79 Å². The summed E-state index contributed by atoms with van der Waals surface area (Å²) in [6, 6.07) is 15.8. The van der Waals surface area contributed by atoms with E-state index in [2.05, 4.69) is 10.3 Å². The van der Waals surface area contributed by atoms with Crippen molar-refractivity contribution in [3.63, 3.8) is 0 Å². The number of anilines is 1. The van der Waals surface area contributed by atoms with Gasteiger partial charge in [0.2, 0.25) is 5.91 Å². The van der Waals surface area contributed by atoms with Crippen LogP contribution in [0.3, 0.4) is 0 Å². The van der Waals surface area contributed by atoms with Crippen LogP contribution in [-0.2, 0) is 4.79 Å². The molecule has 3 rings (SSSR count). The first-order chi connectivity index (χ1) is 10.2. The maximum atomic E-state index is 12.0. The minimum atomic E-state index is -0.135. The van der Waals surface area contributed by atoms with Gasteiger partial charge in [-0.3, -0.25) is 4.79 Å². The summed E-state index contributed by atoms with van der Waals surface area (Å²) in [5.41, 5.74) is 4.04. The van der Waals surface area contributed by atoms with E-state index in [4.69, 9.17) is 0 Å². The van der Waals surface area contributed by atoms with Crippen LogP contribution in [0.25, 0.3) is 17.0 Å². The molecule has 104 valence electrons. The third-order valence-electron chi connectivity index (χ3n) is 3.36. The first-order valence-corrected chi connectivity index (χ1v) is 6.84. The van der Waals surface area contributed by atoms with E-state index in [1.165, 1.54) is 5.56 Å². The largest absolute Gasteiger partial charge is 0.361 e. The van der Waals surface area contributed by atoms with Crippen LogP contribution in [-0.4, -0.2) is 10.9 Å². The number of nitrogens with one attached hydrogen (secondary N) is 2. The molecule has 0 aliphatic rings. The molecule has 0 radical (unpaired) electrons. The first kappa shape index (κ1) is 13.2. The Hall–Kier alpha value is -2.81. The highest BCUT2D eigenvalue weighted by molar-refractivity contribution is 6.07. The van der Waals surface area contributed by atoms with Crippen LogP contribution in [0.2, 0.25) is 0 Å². The second kappa shape index (κ2) is 5.67. The average molecular weight is 276 g/mol. The van der Waals surface area contributed by atoms with Crippen LogP contribution in [0.15, 0.2) is 60.8 Å². The van der Waals surface area contributed by atoms with Crippen LogP contribution < -0.4 is 5.32 Å². The molecule has 0 saturated carbocycles. The van der Waals surface area contributed by atoms with Crippen LogP contribution in [0.5, 0.6) is 0 Å². The molecule has 21 heavy (non-hydrogen) atoms. The molecule has 3 heteroatoms. The van der Waals surface area contributed by atoms with E-state index in [0.717, 1.165) is 22.2 Å². The van der Waals surface area contributed by atoms with Crippen LogP contribution in [0.4, 0.5) is 5.69 Å². The van der Waals surface area contributed by atoms with Gasteiger partial charge in [-0.1, -0.05) is 35.9 Å². The molecule has 2 N–H and O–H groups in total. The van der Waals surface area contributed by atoms with Crippen molar-refractivity contribution in [3.05, 3.63) is 71.9 Å². The molecule has 0 saturated heterocycles. The van der Waals surface area contributed by atoms with Gasteiger partial charge in [0.1, 0.15) is 0 Å². The molecule has 1 aromatic heterocycles. The Bertz CT molecular complexity index is 797. The van der Waals surface area contributed by atoms with Gasteiger partial charge in [0.15, 0.2) is 0 Å². The summed E-state index contributed by atoms with van der Waals surface area (Å²) in [5.74, 6) is -0.135. The highest BCUT2D eigenvalue weighted by Crippen LogP contribution is 2.22. The minimum Gasteiger partial charge on any atom is -0.361 e. The summed E-state index contributed by atoms with van der Waals surface area (Å²) < 4.78 is 0. The highest BCUT2D eigenvalue weighted by atomic mass is 16.1. The number of carbonyl (C=O) groups is 1. The molecule has 0 spiro atoms. The zero-order valence-electron chi connectivity index (χ0n) is 11.8. The zero-order chi connectivity index (χ0) is 14.7. The molecule has 1 heterocycles. The van der Waals surface area contributed by atoms with Crippen LogP contribution in [0.1, 0.15) is 11.1 Å². The smallest absolute Gasteiger partial charge is 0.248 e. The summed E-state index contributed by atoms with van der Waals surface area (Å²) in [4.78, 5) is 15.1. The van der Waals surface area contributed by atoms with Gasteiger partial charge in [-0.05, 0) is 36.8 Å². The van der Waals surface area contributed by atoms with Crippen molar-refractivity contribution >= 4 is 28.6 Å². The maximum Gasteiger partial charge on any atom is 0.248 e. The van der Waals surface area contributed by atoms with E-state index in [-0.39, 0.29) is 5.91 Å². The second-order valence-electron chi connectivity index (χ2n) is 4.98. The maximum absolute atomic E-state index is 12.0. The number of carbonyl (C=O) groups excluding carboxylic acids is 1. The predicted molar refractivity (Wildman–Crippen MR) is 87.1 cm³/mol. The lowest BCUT2D eigenvalue weighted by molar-refractivity contribution is -0.111. The average Bonchev–Trinajstić information content (AvgIpc) is 2.96. The number of fused-ring (bicyclic) bond motifs is 1. The Labute approximate surface area is 123 Å².